The molecule has 0 bridgehead atoms. The number of hydrogen-bond donors (Lipinski definition) is 2. The number of nitrogens with one attached hydrogen (secondary N) is 2. The van der Waals surface area contributed by atoms with Gasteiger partial charge in [0.1, 0.15) is 17.6 Å². The minimum atomic E-state index is -0.601. The fourth-order valence-corrected chi connectivity index (χ4v) is 6.28. The summed E-state index contributed by atoms with van der Waals surface area (Å²) < 4.78 is 1.55. The van der Waals surface area contributed by atoms with Crippen LogP contribution in [0, 0.1) is 17.3 Å². The molecule has 2 unspecified atom stereocenters. The first-order chi connectivity index (χ1) is 17.4. The molecule has 3 heterocycles. The van der Waals surface area contributed by atoms with Gasteiger partial charge >= 0.3 is 0 Å². The van der Waals surface area contributed by atoms with Gasteiger partial charge in [0.2, 0.25) is 5.91 Å². The topological polar surface area (TPSA) is 92.2 Å². The van der Waals surface area contributed by atoms with Gasteiger partial charge in [0, 0.05) is 25.8 Å². The lowest BCUT2D eigenvalue weighted by molar-refractivity contribution is -0.121. The van der Waals surface area contributed by atoms with E-state index in [-0.39, 0.29) is 23.1 Å². The Balaban J connectivity index is 1.35. The van der Waals surface area contributed by atoms with Crippen LogP contribution in [0.4, 0.5) is 11.5 Å². The highest BCUT2D eigenvalue weighted by Crippen LogP contribution is 2.58. The molecule has 8 heteroatoms. The Morgan fingerprint density at radius 1 is 1.14 bits per heavy atom. The fraction of sp³-hybridized carbons (Fsp3) is 0.643. The summed E-state index contributed by atoms with van der Waals surface area (Å²) in [5.41, 5.74) is 1.22. The molecule has 1 saturated heterocycles. The van der Waals surface area contributed by atoms with Crippen molar-refractivity contribution in [3.05, 3.63) is 36.3 Å². The molecule has 0 radical (unpaired) electrons. The van der Waals surface area contributed by atoms with Crippen LogP contribution in [0.2, 0.25) is 0 Å². The summed E-state index contributed by atoms with van der Waals surface area (Å²) in [6.45, 7) is 5.53. The number of aromatic nitrogens is 3. The predicted molar refractivity (Wildman–Crippen MR) is 141 cm³/mol. The SMILES string of the molecule is CCC1CCCCN1c1ccc(NC(=O)[C@@H](NC(=O)c2ccnn2C)C(C2CCC2)C2(C)CC2)cn1. The van der Waals surface area contributed by atoms with Crippen LogP contribution in [0.3, 0.4) is 0 Å². The van der Waals surface area contributed by atoms with Crippen molar-refractivity contribution in [2.45, 2.75) is 83.7 Å². The van der Waals surface area contributed by atoms with E-state index >= 15 is 0 Å². The van der Waals surface area contributed by atoms with Crippen LogP contribution in [0.1, 0.15) is 82.1 Å². The quantitative estimate of drug-likeness (QED) is 0.536. The van der Waals surface area contributed by atoms with E-state index in [2.05, 4.69) is 34.5 Å². The molecule has 0 aromatic carbocycles. The van der Waals surface area contributed by atoms with E-state index in [0.717, 1.165) is 44.5 Å². The molecule has 2 N–H and O–H groups in total. The Hall–Kier alpha value is -2.90. The molecule has 2 aliphatic carbocycles. The molecular formula is C28H40N6O2. The van der Waals surface area contributed by atoms with Crippen LogP contribution in [0.25, 0.3) is 0 Å². The summed E-state index contributed by atoms with van der Waals surface area (Å²) in [5, 5.41) is 10.3. The molecule has 36 heavy (non-hydrogen) atoms. The van der Waals surface area contributed by atoms with Crippen LogP contribution in [-0.2, 0) is 11.8 Å². The van der Waals surface area contributed by atoms with Gasteiger partial charge in [0.05, 0.1) is 11.9 Å². The standard InChI is InChI=1S/C28H40N6O2/c1-4-21-10-5-6-17-34(21)23-12-11-20(18-29-23)31-27(36)25(32-26(35)22-13-16-30-33(22)3)24(19-8-7-9-19)28(2)14-15-28/h11-13,16,18-19,21,24-25H,4-10,14-15,17H2,1-3H3,(H,31,36)(H,32,35)/t21?,24?,25-/m0/s1. The van der Waals surface area contributed by atoms with E-state index in [0.29, 0.717) is 23.3 Å². The number of rotatable bonds is 9. The van der Waals surface area contributed by atoms with Crippen LogP contribution in [-0.4, -0.2) is 45.2 Å². The summed E-state index contributed by atoms with van der Waals surface area (Å²) >= 11 is 0. The molecule has 2 amide bonds. The lowest BCUT2D eigenvalue weighted by Crippen LogP contribution is -2.54. The van der Waals surface area contributed by atoms with Crippen LogP contribution >= 0.6 is 0 Å². The Morgan fingerprint density at radius 3 is 2.53 bits per heavy atom. The average molecular weight is 493 g/mol. The van der Waals surface area contributed by atoms with Gasteiger partial charge in [-0.3, -0.25) is 14.3 Å². The van der Waals surface area contributed by atoms with Crippen LogP contribution in [0.5, 0.6) is 0 Å². The van der Waals surface area contributed by atoms with Gasteiger partial charge in [0.15, 0.2) is 0 Å². The lowest BCUT2D eigenvalue weighted by atomic mass is 9.66. The first kappa shape index (κ1) is 24.8. The molecule has 2 saturated carbocycles. The van der Waals surface area contributed by atoms with Gasteiger partial charge in [0.25, 0.3) is 5.91 Å². The number of nitrogens with zero attached hydrogens (tertiary/aromatic N) is 4. The molecule has 3 aliphatic rings. The van der Waals surface area contributed by atoms with Gasteiger partial charge in [-0.15, -0.1) is 0 Å². The third-order valence-electron chi connectivity index (χ3n) is 8.89. The zero-order valence-corrected chi connectivity index (χ0v) is 21.9. The summed E-state index contributed by atoms with van der Waals surface area (Å²) in [4.78, 5) is 34.0. The van der Waals surface area contributed by atoms with E-state index in [1.54, 1.807) is 30.2 Å². The largest absolute Gasteiger partial charge is 0.354 e. The second-order valence-electron chi connectivity index (χ2n) is 11.3. The fourth-order valence-electron chi connectivity index (χ4n) is 6.28. The number of pyridine rings is 1. The summed E-state index contributed by atoms with van der Waals surface area (Å²) in [6, 6.07) is 5.57. The molecule has 3 fully saturated rings. The minimum Gasteiger partial charge on any atom is -0.354 e. The number of hydrogen-bond acceptors (Lipinski definition) is 5. The summed E-state index contributed by atoms with van der Waals surface area (Å²) in [6.07, 6.45) is 13.8. The zero-order chi connectivity index (χ0) is 25.3. The normalized spacial score (nSPS) is 22.9. The van der Waals surface area contributed by atoms with Gasteiger partial charge in [-0.2, -0.15) is 5.10 Å². The number of piperidine rings is 1. The van der Waals surface area contributed by atoms with Crippen LogP contribution < -0.4 is 15.5 Å². The van der Waals surface area contributed by atoms with Crippen molar-refractivity contribution in [2.24, 2.45) is 24.3 Å². The van der Waals surface area contributed by atoms with Crippen molar-refractivity contribution < 1.29 is 9.59 Å². The Bertz CT molecular complexity index is 1070. The highest BCUT2D eigenvalue weighted by Gasteiger charge is 2.54. The van der Waals surface area contributed by atoms with Crippen molar-refractivity contribution in [1.82, 2.24) is 20.1 Å². The highest BCUT2D eigenvalue weighted by molar-refractivity contribution is 6.00. The number of carbonyl (C=O) groups is 2. The van der Waals surface area contributed by atoms with Crippen molar-refractivity contribution in [3.63, 3.8) is 0 Å². The molecular weight excluding hydrogens is 452 g/mol. The lowest BCUT2D eigenvalue weighted by Gasteiger charge is -2.42. The Kier molecular flexibility index (Phi) is 7.04. The first-order valence-corrected chi connectivity index (χ1v) is 13.7. The molecule has 5 rings (SSSR count). The second-order valence-corrected chi connectivity index (χ2v) is 11.3. The van der Waals surface area contributed by atoms with Gasteiger partial charge in [-0.25, -0.2) is 4.98 Å². The third-order valence-corrected chi connectivity index (χ3v) is 8.89. The molecule has 1 aliphatic heterocycles. The number of amides is 2. The Labute approximate surface area is 214 Å². The maximum Gasteiger partial charge on any atom is 0.270 e. The molecule has 8 nitrogen and oxygen atoms in total. The van der Waals surface area contributed by atoms with Crippen molar-refractivity contribution >= 4 is 23.3 Å². The van der Waals surface area contributed by atoms with Crippen molar-refractivity contribution in [2.75, 3.05) is 16.8 Å². The molecule has 0 spiro atoms. The van der Waals surface area contributed by atoms with E-state index < -0.39 is 6.04 Å². The highest BCUT2D eigenvalue weighted by atomic mass is 16.2. The summed E-state index contributed by atoms with van der Waals surface area (Å²) in [7, 11) is 1.74. The van der Waals surface area contributed by atoms with E-state index in [4.69, 9.17) is 4.98 Å². The molecule has 2 aromatic heterocycles. The minimum absolute atomic E-state index is 0.0956. The van der Waals surface area contributed by atoms with E-state index in [9.17, 15) is 9.59 Å². The second kappa shape index (κ2) is 10.2. The molecule has 3 atom stereocenters. The smallest absolute Gasteiger partial charge is 0.270 e. The predicted octanol–water partition coefficient (Wildman–Crippen LogP) is 4.54. The monoisotopic (exact) mass is 492 g/mol. The molecule has 2 aromatic rings. The van der Waals surface area contributed by atoms with E-state index in [1.807, 2.05) is 12.1 Å². The third kappa shape index (κ3) is 5.00. The average Bonchev–Trinajstić information content (AvgIpc) is 3.45. The number of anilines is 2. The van der Waals surface area contributed by atoms with Crippen molar-refractivity contribution in [1.29, 1.82) is 0 Å². The first-order valence-electron chi connectivity index (χ1n) is 13.7. The van der Waals surface area contributed by atoms with Gasteiger partial charge in [-0.1, -0.05) is 33.1 Å². The number of aryl methyl sites for hydroxylation is 1. The summed E-state index contributed by atoms with van der Waals surface area (Å²) in [5.74, 6) is 1.14. The van der Waals surface area contributed by atoms with Crippen LogP contribution in [0.15, 0.2) is 30.6 Å². The number of carbonyl (C=O) groups excluding carboxylic acids is 2. The molecule has 194 valence electrons. The van der Waals surface area contributed by atoms with Gasteiger partial charge < -0.3 is 15.5 Å². The van der Waals surface area contributed by atoms with Crippen molar-refractivity contribution in [3.8, 4) is 0 Å². The van der Waals surface area contributed by atoms with Gasteiger partial charge in [-0.05, 0) is 74.0 Å². The van der Waals surface area contributed by atoms with E-state index in [1.165, 1.54) is 25.7 Å². The Morgan fingerprint density at radius 2 is 1.94 bits per heavy atom. The maximum absolute atomic E-state index is 13.8. The maximum atomic E-state index is 13.8. The zero-order valence-electron chi connectivity index (χ0n) is 21.9.